The van der Waals surface area contributed by atoms with Crippen LogP contribution in [-0.2, 0) is 10.0 Å². The number of hydrogen-bond donors (Lipinski definition) is 3. The summed E-state index contributed by atoms with van der Waals surface area (Å²) in [6.45, 7) is 7.22. The van der Waals surface area contributed by atoms with E-state index in [0.717, 1.165) is 25.8 Å². The van der Waals surface area contributed by atoms with Gasteiger partial charge >= 0.3 is 0 Å². The van der Waals surface area contributed by atoms with Crippen molar-refractivity contribution in [3.05, 3.63) is 12.7 Å². The van der Waals surface area contributed by atoms with Crippen LogP contribution < -0.4 is 15.9 Å². The molecule has 6 nitrogen and oxygen atoms in total. The number of sulfonamides is 1. The molecule has 2 unspecified atom stereocenters. The second-order valence-electron chi connectivity index (χ2n) is 4.14. The molecular weight excluding hydrogens is 272 g/mol. The molecule has 4 N–H and O–H groups in total. The van der Waals surface area contributed by atoms with Gasteiger partial charge in [0.2, 0.25) is 10.0 Å². The van der Waals surface area contributed by atoms with Crippen LogP contribution in [0.15, 0.2) is 12.7 Å². The van der Waals surface area contributed by atoms with E-state index < -0.39 is 14.7 Å². The summed E-state index contributed by atoms with van der Waals surface area (Å²) in [6.07, 6.45) is 5.13. The molecule has 2 atom stereocenters. The summed E-state index contributed by atoms with van der Waals surface area (Å²) in [5.74, 6) is 0. The fourth-order valence-electron chi connectivity index (χ4n) is 1.62. The molecule has 0 amide bonds. The number of thioether (sulfide) groups is 1. The van der Waals surface area contributed by atoms with Gasteiger partial charge in [-0.3, -0.25) is 5.32 Å². The zero-order chi connectivity index (χ0) is 13.6. The van der Waals surface area contributed by atoms with E-state index >= 15 is 0 Å². The average molecular weight is 294 g/mol. The maximum absolute atomic E-state index is 11.3. The molecule has 1 saturated heterocycles. The van der Waals surface area contributed by atoms with Crippen LogP contribution in [0.2, 0.25) is 0 Å². The first kappa shape index (κ1) is 15.9. The molecule has 0 bridgehead atoms. The first-order chi connectivity index (χ1) is 8.49. The minimum Gasteiger partial charge on any atom is -0.292 e. The number of hydrazine groups is 1. The predicted octanol–water partition coefficient (Wildman–Crippen LogP) is 0.361. The number of nitrogens with one attached hydrogen (secondary N) is 2. The lowest BCUT2D eigenvalue weighted by molar-refractivity contribution is 0.198. The Balaban J connectivity index is 2.50. The van der Waals surface area contributed by atoms with Crippen LogP contribution in [0.4, 0.5) is 0 Å². The van der Waals surface area contributed by atoms with Gasteiger partial charge in [0.05, 0.1) is 0 Å². The van der Waals surface area contributed by atoms with Crippen LogP contribution in [0.1, 0.15) is 26.2 Å². The fourth-order valence-corrected chi connectivity index (χ4v) is 3.78. The van der Waals surface area contributed by atoms with E-state index in [2.05, 4.69) is 24.2 Å². The lowest BCUT2D eigenvalue weighted by atomic mass is 10.2. The lowest BCUT2D eigenvalue weighted by Gasteiger charge is -2.22. The lowest BCUT2D eigenvalue weighted by Crippen LogP contribution is -2.47. The molecule has 0 aliphatic carbocycles. The molecule has 0 aromatic heterocycles. The van der Waals surface area contributed by atoms with E-state index in [9.17, 15) is 8.42 Å². The second-order valence-corrected chi connectivity index (χ2v) is 7.28. The molecule has 1 rings (SSSR count). The summed E-state index contributed by atoms with van der Waals surface area (Å²) in [7, 11) is -3.59. The van der Waals surface area contributed by atoms with Crippen molar-refractivity contribution in [3.63, 3.8) is 0 Å². The zero-order valence-electron chi connectivity index (χ0n) is 10.6. The molecule has 1 aliphatic rings. The molecule has 106 valence electrons. The highest BCUT2D eigenvalue weighted by Gasteiger charge is 2.37. The summed E-state index contributed by atoms with van der Waals surface area (Å²) in [6, 6.07) is 0. The van der Waals surface area contributed by atoms with Crippen molar-refractivity contribution in [2.45, 2.75) is 36.4 Å². The van der Waals surface area contributed by atoms with Crippen molar-refractivity contribution in [3.8, 4) is 0 Å². The Labute approximate surface area is 113 Å². The Morgan fingerprint density at radius 1 is 1.56 bits per heavy atom. The summed E-state index contributed by atoms with van der Waals surface area (Å²) in [5, 5.41) is 10.3. The summed E-state index contributed by atoms with van der Waals surface area (Å²) >= 11 is 1.27. The van der Waals surface area contributed by atoms with Gasteiger partial charge < -0.3 is 0 Å². The number of rotatable bonds is 8. The van der Waals surface area contributed by atoms with Gasteiger partial charge in [-0.2, -0.15) is 0 Å². The fraction of sp³-hybridized carbons (Fsp3) is 0.800. The number of nitrogens with two attached hydrogens (primary N) is 1. The van der Waals surface area contributed by atoms with Gasteiger partial charge in [0, 0.05) is 6.54 Å². The highest BCUT2D eigenvalue weighted by atomic mass is 32.3. The van der Waals surface area contributed by atoms with E-state index in [-0.39, 0.29) is 5.50 Å². The van der Waals surface area contributed by atoms with Crippen molar-refractivity contribution < 1.29 is 8.42 Å². The molecule has 0 radical (unpaired) electrons. The van der Waals surface area contributed by atoms with Crippen molar-refractivity contribution in [1.82, 2.24) is 15.8 Å². The summed E-state index contributed by atoms with van der Waals surface area (Å²) < 4.78 is 21.8. The quantitative estimate of drug-likeness (QED) is 0.443. The second kappa shape index (κ2) is 7.46. The first-order valence-corrected chi connectivity index (χ1v) is 8.58. The van der Waals surface area contributed by atoms with Crippen LogP contribution in [0, 0.1) is 0 Å². The summed E-state index contributed by atoms with van der Waals surface area (Å²) in [5.41, 5.74) is 2.78. The number of primary sulfonamides is 1. The molecule has 1 fully saturated rings. The van der Waals surface area contributed by atoms with Crippen LogP contribution in [-0.4, -0.2) is 36.7 Å². The van der Waals surface area contributed by atoms with E-state index in [1.165, 1.54) is 11.8 Å². The topological polar surface area (TPSA) is 87.5 Å². The van der Waals surface area contributed by atoms with Gasteiger partial charge in [-0.05, 0) is 13.0 Å². The van der Waals surface area contributed by atoms with Crippen LogP contribution in [0.5, 0.6) is 0 Å². The van der Waals surface area contributed by atoms with Crippen LogP contribution >= 0.6 is 11.8 Å². The highest BCUT2D eigenvalue weighted by molar-refractivity contribution is 8.13. The molecule has 0 aromatic carbocycles. The van der Waals surface area contributed by atoms with Gasteiger partial charge in [-0.1, -0.05) is 37.6 Å². The Morgan fingerprint density at radius 3 is 2.83 bits per heavy atom. The number of unbranched alkanes of at least 4 members (excludes halogenated alkanes) is 2. The zero-order valence-corrected chi connectivity index (χ0v) is 12.3. The van der Waals surface area contributed by atoms with Crippen molar-refractivity contribution in [1.29, 1.82) is 0 Å². The minimum absolute atomic E-state index is 0.0943. The van der Waals surface area contributed by atoms with Crippen molar-refractivity contribution >= 4 is 21.8 Å². The molecule has 0 aromatic rings. The highest BCUT2D eigenvalue weighted by Crippen LogP contribution is 2.26. The third-order valence-electron chi connectivity index (χ3n) is 2.53. The standard InChI is InChI=1S/C10H22N4O2S2/c1-3-5-6-7-12-9-14(8-4-2)13-10(17-9)18(11,15)16/h4,9-10,12-13H,2-3,5-8H2,1H3,(H2,11,15,16). The maximum atomic E-state index is 11.3. The van der Waals surface area contributed by atoms with E-state index in [0.29, 0.717) is 6.54 Å². The largest absolute Gasteiger partial charge is 0.292 e. The van der Waals surface area contributed by atoms with Gasteiger partial charge in [0.25, 0.3) is 0 Å². The molecule has 0 saturated carbocycles. The summed E-state index contributed by atoms with van der Waals surface area (Å²) in [4.78, 5) is 0. The number of nitrogens with zero attached hydrogens (tertiary/aromatic N) is 1. The third kappa shape index (κ3) is 4.87. The molecule has 18 heavy (non-hydrogen) atoms. The molecule has 0 spiro atoms. The number of hydrogen-bond acceptors (Lipinski definition) is 6. The Morgan fingerprint density at radius 2 is 2.28 bits per heavy atom. The SMILES string of the molecule is C=CCN1NC(S(N)(=O)=O)SC1NCCCCC. The monoisotopic (exact) mass is 294 g/mol. The van der Waals surface area contributed by atoms with Gasteiger partial charge in [0.15, 0.2) is 4.71 Å². The molecular formula is C10H22N4O2S2. The maximum Gasteiger partial charge on any atom is 0.236 e. The van der Waals surface area contributed by atoms with Crippen molar-refractivity contribution in [2.24, 2.45) is 5.14 Å². The Kier molecular flexibility index (Phi) is 6.61. The normalized spacial score (nSPS) is 25.4. The molecule has 1 heterocycles. The van der Waals surface area contributed by atoms with Crippen LogP contribution in [0.25, 0.3) is 0 Å². The average Bonchev–Trinajstić information content (AvgIpc) is 2.68. The van der Waals surface area contributed by atoms with Gasteiger partial charge in [-0.15, -0.1) is 6.58 Å². The Hall–Kier alpha value is -0.120. The van der Waals surface area contributed by atoms with E-state index in [1.807, 2.05) is 0 Å². The Bertz CT molecular complexity index is 361. The van der Waals surface area contributed by atoms with E-state index in [4.69, 9.17) is 5.14 Å². The minimum atomic E-state index is -3.59. The molecule has 8 heteroatoms. The van der Waals surface area contributed by atoms with Crippen LogP contribution in [0.3, 0.4) is 0 Å². The molecule has 1 aliphatic heterocycles. The van der Waals surface area contributed by atoms with Crippen molar-refractivity contribution in [2.75, 3.05) is 13.1 Å². The predicted molar refractivity (Wildman–Crippen MR) is 75.8 cm³/mol. The smallest absolute Gasteiger partial charge is 0.236 e. The third-order valence-corrected chi connectivity index (χ3v) is 5.40. The van der Waals surface area contributed by atoms with Gasteiger partial charge in [-0.25, -0.2) is 24.0 Å². The van der Waals surface area contributed by atoms with Gasteiger partial charge in [0.1, 0.15) is 5.50 Å². The van der Waals surface area contributed by atoms with E-state index in [1.54, 1.807) is 11.1 Å². The first-order valence-electron chi connectivity index (χ1n) is 6.03.